The number of nitrogens with zero attached hydrogens (tertiary/aromatic N) is 2. The van der Waals surface area contributed by atoms with Crippen LogP contribution in [0.25, 0.3) is 11.5 Å². The van der Waals surface area contributed by atoms with Crippen molar-refractivity contribution in [3.8, 4) is 17.2 Å². The summed E-state index contributed by atoms with van der Waals surface area (Å²) >= 11 is 0. The molecule has 1 atom stereocenters. The summed E-state index contributed by atoms with van der Waals surface area (Å²) in [4.78, 5) is 24.0. The zero-order chi connectivity index (χ0) is 19.9. The summed E-state index contributed by atoms with van der Waals surface area (Å²) in [5.41, 5.74) is 0.318. The fourth-order valence-corrected chi connectivity index (χ4v) is 2.53. The molecule has 0 fully saturated rings. The predicted molar refractivity (Wildman–Crippen MR) is 100 cm³/mol. The fraction of sp³-hybridized carbons (Fsp3) is 0.250. The average Bonchev–Trinajstić information content (AvgIpc) is 3.23. The molecule has 2 heterocycles. The number of carbonyl (C=O) groups is 1. The molecule has 28 heavy (non-hydrogen) atoms. The summed E-state index contributed by atoms with van der Waals surface area (Å²) in [5, 5.41) is 6.97. The van der Waals surface area contributed by atoms with Crippen molar-refractivity contribution in [1.29, 1.82) is 0 Å². The van der Waals surface area contributed by atoms with Crippen LogP contribution in [0.3, 0.4) is 0 Å². The second-order valence-electron chi connectivity index (χ2n) is 6.09. The molecule has 0 aliphatic rings. The van der Waals surface area contributed by atoms with Crippen LogP contribution in [0.15, 0.2) is 64.0 Å². The van der Waals surface area contributed by atoms with Gasteiger partial charge in [0.1, 0.15) is 5.69 Å². The highest BCUT2D eigenvalue weighted by molar-refractivity contribution is 5.80. The van der Waals surface area contributed by atoms with Crippen LogP contribution in [0.2, 0.25) is 0 Å². The van der Waals surface area contributed by atoms with Crippen LogP contribution in [0.1, 0.15) is 13.3 Å². The molecule has 0 saturated heterocycles. The van der Waals surface area contributed by atoms with Crippen LogP contribution in [-0.4, -0.2) is 28.3 Å². The average molecular weight is 385 g/mol. The molecule has 1 N–H and O–H groups in total. The number of ether oxygens (including phenoxy) is 1. The summed E-state index contributed by atoms with van der Waals surface area (Å²) < 4.78 is 25.5. The zero-order valence-corrected chi connectivity index (χ0v) is 15.3. The van der Waals surface area contributed by atoms with Crippen molar-refractivity contribution in [2.24, 2.45) is 0 Å². The first-order chi connectivity index (χ1) is 13.5. The van der Waals surface area contributed by atoms with Crippen molar-refractivity contribution in [2.45, 2.75) is 26.0 Å². The van der Waals surface area contributed by atoms with E-state index in [1.807, 2.05) is 0 Å². The van der Waals surface area contributed by atoms with E-state index in [1.165, 1.54) is 29.1 Å². The molecule has 8 heteroatoms. The molecule has 0 radical (unpaired) electrons. The molecule has 7 nitrogen and oxygen atoms in total. The smallest absolute Gasteiger partial charge is 0.266 e. The van der Waals surface area contributed by atoms with E-state index >= 15 is 0 Å². The number of aryl methyl sites for hydroxylation is 1. The molecule has 0 bridgehead atoms. The molecule has 1 aromatic carbocycles. The topological polar surface area (TPSA) is 86.4 Å². The van der Waals surface area contributed by atoms with E-state index in [2.05, 4.69) is 10.4 Å². The Balaban J connectivity index is 1.49. The third kappa shape index (κ3) is 4.85. The van der Waals surface area contributed by atoms with E-state index in [4.69, 9.17) is 9.15 Å². The predicted octanol–water partition coefficient (Wildman–Crippen LogP) is 2.62. The van der Waals surface area contributed by atoms with Gasteiger partial charge in [-0.15, -0.1) is 0 Å². The number of benzene rings is 1. The summed E-state index contributed by atoms with van der Waals surface area (Å²) in [5.74, 6) is -0.297. The Morgan fingerprint density at radius 2 is 2.07 bits per heavy atom. The van der Waals surface area contributed by atoms with Crippen LogP contribution < -0.4 is 15.6 Å². The normalized spacial score (nSPS) is 11.8. The number of para-hydroxylation sites is 1. The van der Waals surface area contributed by atoms with Crippen LogP contribution in [-0.2, 0) is 11.3 Å². The van der Waals surface area contributed by atoms with Gasteiger partial charge in [-0.05, 0) is 43.7 Å². The lowest BCUT2D eigenvalue weighted by Gasteiger charge is -2.15. The minimum Gasteiger partial charge on any atom is -0.478 e. The van der Waals surface area contributed by atoms with Crippen LogP contribution >= 0.6 is 0 Å². The summed E-state index contributed by atoms with van der Waals surface area (Å²) in [6, 6.07) is 12.4. The highest BCUT2D eigenvalue weighted by atomic mass is 19.1. The maximum atomic E-state index is 13.6. The minimum atomic E-state index is -0.847. The molecule has 0 aliphatic carbocycles. The Kier molecular flexibility index (Phi) is 6.21. The monoisotopic (exact) mass is 385 g/mol. The van der Waals surface area contributed by atoms with Crippen molar-refractivity contribution in [1.82, 2.24) is 15.1 Å². The lowest BCUT2D eigenvalue weighted by molar-refractivity contribution is -0.127. The van der Waals surface area contributed by atoms with Crippen molar-refractivity contribution >= 4 is 5.91 Å². The number of rotatable bonds is 8. The number of furan rings is 1. The molecular weight excluding hydrogens is 365 g/mol. The van der Waals surface area contributed by atoms with E-state index in [0.29, 0.717) is 31.0 Å². The lowest BCUT2D eigenvalue weighted by Crippen LogP contribution is -2.37. The second kappa shape index (κ2) is 8.98. The summed E-state index contributed by atoms with van der Waals surface area (Å²) in [6.07, 6.45) is 1.18. The molecule has 3 aromatic rings. The Morgan fingerprint density at radius 1 is 1.25 bits per heavy atom. The lowest BCUT2D eigenvalue weighted by atomic mass is 10.3. The third-order valence-electron chi connectivity index (χ3n) is 4.00. The van der Waals surface area contributed by atoms with Crippen LogP contribution in [0.5, 0.6) is 5.75 Å². The van der Waals surface area contributed by atoms with E-state index in [1.54, 1.807) is 37.3 Å². The highest BCUT2D eigenvalue weighted by Crippen LogP contribution is 2.17. The first kappa shape index (κ1) is 19.3. The highest BCUT2D eigenvalue weighted by Gasteiger charge is 2.16. The third-order valence-corrected chi connectivity index (χ3v) is 4.00. The van der Waals surface area contributed by atoms with Crippen molar-refractivity contribution < 1.29 is 18.3 Å². The SMILES string of the molecule is CC(Oc1ccccc1F)C(=O)NCCCn1nc(-c2ccco2)ccc1=O. The zero-order valence-electron chi connectivity index (χ0n) is 15.3. The summed E-state index contributed by atoms with van der Waals surface area (Å²) in [7, 11) is 0. The maximum Gasteiger partial charge on any atom is 0.266 e. The molecule has 3 rings (SSSR count). The van der Waals surface area contributed by atoms with Gasteiger partial charge >= 0.3 is 0 Å². The largest absolute Gasteiger partial charge is 0.478 e. The summed E-state index contributed by atoms with van der Waals surface area (Å²) in [6.45, 7) is 2.19. The number of amides is 1. The van der Waals surface area contributed by atoms with Gasteiger partial charge < -0.3 is 14.5 Å². The first-order valence-corrected chi connectivity index (χ1v) is 8.85. The van der Waals surface area contributed by atoms with Gasteiger partial charge in [-0.2, -0.15) is 5.10 Å². The van der Waals surface area contributed by atoms with Gasteiger partial charge in [0.2, 0.25) is 0 Å². The van der Waals surface area contributed by atoms with E-state index < -0.39 is 11.9 Å². The van der Waals surface area contributed by atoms with Crippen LogP contribution in [0, 0.1) is 5.82 Å². The van der Waals surface area contributed by atoms with Crippen molar-refractivity contribution in [3.05, 3.63) is 71.0 Å². The fourth-order valence-electron chi connectivity index (χ4n) is 2.53. The molecule has 1 unspecified atom stereocenters. The number of halogens is 1. The Hall–Kier alpha value is -3.42. The Labute approximate surface area is 160 Å². The van der Waals surface area contributed by atoms with E-state index in [9.17, 15) is 14.0 Å². The molecule has 0 spiro atoms. The van der Waals surface area contributed by atoms with Crippen molar-refractivity contribution in [2.75, 3.05) is 6.54 Å². The maximum absolute atomic E-state index is 13.6. The van der Waals surface area contributed by atoms with Gasteiger partial charge in [0.15, 0.2) is 23.4 Å². The molecular formula is C20H20FN3O4. The van der Waals surface area contributed by atoms with Gasteiger partial charge in [-0.25, -0.2) is 9.07 Å². The van der Waals surface area contributed by atoms with Gasteiger partial charge in [0.05, 0.1) is 6.26 Å². The first-order valence-electron chi connectivity index (χ1n) is 8.85. The molecule has 146 valence electrons. The Bertz CT molecular complexity index is 985. The minimum absolute atomic E-state index is 0.0237. The van der Waals surface area contributed by atoms with Gasteiger partial charge in [0.25, 0.3) is 11.5 Å². The van der Waals surface area contributed by atoms with Gasteiger partial charge in [-0.3, -0.25) is 9.59 Å². The number of hydrogen-bond acceptors (Lipinski definition) is 5. The Morgan fingerprint density at radius 3 is 2.82 bits per heavy atom. The van der Waals surface area contributed by atoms with Crippen molar-refractivity contribution in [3.63, 3.8) is 0 Å². The standard InChI is InChI=1S/C20H20FN3O4/c1-14(28-17-7-3-2-6-15(17)21)20(26)22-11-5-12-24-19(25)10-9-16(23-24)18-8-4-13-27-18/h2-4,6-10,13-14H,5,11-12H2,1H3,(H,22,26). The van der Waals surface area contributed by atoms with E-state index in [-0.39, 0.29) is 17.2 Å². The number of aromatic nitrogens is 2. The molecule has 1 amide bonds. The second-order valence-corrected chi connectivity index (χ2v) is 6.09. The number of nitrogens with one attached hydrogen (secondary N) is 1. The van der Waals surface area contributed by atoms with E-state index in [0.717, 1.165) is 0 Å². The molecule has 0 aliphatic heterocycles. The molecule has 2 aromatic heterocycles. The number of hydrogen-bond donors (Lipinski definition) is 1. The molecule has 0 saturated carbocycles. The van der Waals surface area contributed by atoms with Crippen LogP contribution in [0.4, 0.5) is 4.39 Å². The quantitative estimate of drug-likeness (QED) is 0.603. The van der Waals surface area contributed by atoms with Gasteiger partial charge in [0, 0.05) is 19.2 Å². The van der Waals surface area contributed by atoms with Gasteiger partial charge in [-0.1, -0.05) is 12.1 Å². The number of carbonyl (C=O) groups excluding carboxylic acids is 1.